The van der Waals surface area contributed by atoms with Crippen LogP contribution >= 0.6 is 0 Å². The predicted molar refractivity (Wildman–Crippen MR) is 117 cm³/mol. The van der Waals surface area contributed by atoms with Crippen molar-refractivity contribution in [3.8, 4) is 11.1 Å². The third kappa shape index (κ3) is 3.10. The van der Waals surface area contributed by atoms with Gasteiger partial charge < -0.3 is 9.97 Å². The second kappa shape index (κ2) is 7.25. The summed E-state index contributed by atoms with van der Waals surface area (Å²) in [5, 5.41) is 0.760. The first-order valence-corrected chi connectivity index (χ1v) is 9.43. The van der Waals surface area contributed by atoms with Crippen LogP contribution in [-0.2, 0) is 0 Å². The molecule has 5 aromatic rings. The Morgan fingerprint density at radius 1 is 0.900 bits per heavy atom. The largest absolute Gasteiger partial charge is 0.338 e. The molecule has 6 heteroatoms. The number of carbonyl (C=O) groups is 1. The molecule has 2 aromatic carbocycles. The number of ketones is 1. The van der Waals surface area contributed by atoms with Crippen LogP contribution in [-0.4, -0.2) is 25.7 Å². The Morgan fingerprint density at radius 3 is 2.53 bits per heavy atom. The van der Waals surface area contributed by atoms with Crippen molar-refractivity contribution < 1.29 is 4.79 Å². The first kappa shape index (κ1) is 17.8. The first-order valence-electron chi connectivity index (χ1n) is 9.43. The first-order chi connectivity index (χ1) is 14.7. The van der Waals surface area contributed by atoms with Gasteiger partial charge in [0.15, 0.2) is 5.78 Å². The number of hydrogen-bond acceptors (Lipinski definition) is 4. The fourth-order valence-corrected chi connectivity index (χ4v) is 3.57. The lowest BCUT2D eigenvalue weighted by Crippen LogP contribution is -2.18. The van der Waals surface area contributed by atoms with Gasteiger partial charge in [0.1, 0.15) is 5.82 Å². The number of aromatic nitrogens is 4. The van der Waals surface area contributed by atoms with Gasteiger partial charge in [-0.25, -0.2) is 4.98 Å². The Hall–Kier alpha value is -4.32. The minimum absolute atomic E-state index is 0.0901. The van der Waals surface area contributed by atoms with Gasteiger partial charge in [0, 0.05) is 17.1 Å². The summed E-state index contributed by atoms with van der Waals surface area (Å²) in [6, 6.07) is 18.8. The SMILES string of the molecule is O=C(C=Cc1nc2ccccc2[nH]1)c1c(-c2ccccc2)c2ccncc2[nH]c1=O. The van der Waals surface area contributed by atoms with E-state index in [1.807, 2.05) is 54.6 Å². The topological polar surface area (TPSA) is 91.5 Å². The lowest BCUT2D eigenvalue weighted by Gasteiger charge is -2.10. The number of hydrogen-bond donors (Lipinski definition) is 2. The highest BCUT2D eigenvalue weighted by Gasteiger charge is 2.19. The maximum atomic E-state index is 13.1. The van der Waals surface area contributed by atoms with Crippen LogP contribution in [0.2, 0.25) is 0 Å². The Bertz CT molecular complexity index is 1450. The zero-order chi connectivity index (χ0) is 20.5. The van der Waals surface area contributed by atoms with Crippen molar-refractivity contribution in [3.05, 3.63) is 101 Å². The van der Waals surface area contributed by atoms with Crippen molar-refractivity contribution in [1.29, 1.82) is 0 Å². The summed E-state index contributed by atoms with van der Waals surface area (Å²) < 4.78 is 0. The summed E-state index contributed by atoms with van der Waals surface area (Å²) in [4.78, 5) is 40.4. The van der Waals surface area contributed by atoms with E-state index >= 15 is 0 Å². The lowest BCUT2D eigenvalue weighted by molar-refractivity contribution is 0.104. The molecular formula is C24H16N4O2. The number of fused-ring (bicyclic) bond motifs is 2. The number of H-pyrrole nitrogens is 2. The Morgan fingerprint density at radius 2 is 1.70 bits per heavy atom. The Labute approximate surface area is 171 Å². The molecule has 0 fully saturated rings. The number of nitrogens with one attached hydrogen (secondary N) is 2. The van der Waals surface area contributed by atoms with Crippen LogP contribution in [0.4, 0.5) is 0 Å². The zero-order valence-electron chi connectivity index (χ0n) is 15.8. The second-order valence-corrected chi connectivity index (χ2v) is 6.83. The average molecular weight is 392 g/mol. The fourth-order valence-electron chi connectivity index (χ4n) is 3.57. The highest BCUT2D eigenvalue weighted by molar-refractivity contribution is 6.14. The number of para-hydroxylation sites is 2. The summed E-state index contributed by atoms with van der Waals surface area (Å²) in [7, 11) is 0. The third-order valence-corrected chi connectivity index (χ3v) is 4.92. The fraction of sp³-hybridized carbons (Fsp3) is 0. The van der Waals surface area contributed by atoms with Gasteiger partial charge in [-0.3, -0.25) is 14.6 Å². The van der Waals surface area contributed by atoms with E-state index in [0.717, 1.165) is 22.0 Å². The molecule has 0 atom stereocenters. The molecule has 3 aromatic heterocycles. The summed E-state index contributed by atoms with van der Waals surface area (Å²) in [6.07, 6.45) is 6.20. The van der Waals surface area contributed by atoms with E-state index in [-0.39, 0.29) is 5.56 Å². The van der Waals surface area contributed by atoms with E-state index < -0.39 is 11.3 Å². The monoisotopic (exact) mass is 392 g/mol. The minimum atomic E-state index is -0.450. The van der Waals surface area contributed by atoms with E-state index in [9.17, 15) is 9.59 Å². The number of benzene rings is 2. The van der Waals surface area contributed by atoms with Crippen molar-refractivity contribution in [2.45, 2.75) is 0 Å². The van der Waals surface area contributed by atoms with Gasteiger partial charge in [-0.05, 0) is 35.9 Å². The number of nitrogens with zero attached hydrogens (tertiary/aromatic N) is 2. The molecule has 144 valence electrons. The molecule has 30 heavy (non-hydrogen) atoms. The predicted octanol–water partition coefficient (Wildman–Crippen LogP) is 4.36. The second-order valence-electron chi connectivity index (χ2n) is 6.83. The van der Waals surface area contributed by atoms with Crippen LogP contribution in [0, 0.1) is 0 Å². The normalized spacial score (nSPS) is 11.5. The van der Waals surface area contributed by atoms with E-state index in [2.05, 4.69) is 19.9 Å². The van der Waals surface area contributed by atoms with E-state index in [0.29, 0.717) is 16.9 Å². The van der Waals surface area contributed by atoms with Crippen molar-refractivity contribution in [1.82, 2.24) is 19.9 Å². The molecule has 0 spiro atoms. The number of carbonyl (C=O) groups excluding carboxylic acids is 1. The maximum Gasteiger partial charge on any atom is 0.260 e. The molecule has 0 saturated carbocycles. The molecule has 6 nitrogen and oxygen atoms in total. The average Bonchev–Trinajstić information content (AvgIpc) is 3.20. The minimum Gasteiger partial charge on any atom is -0.338 e. The van der Waals surface area contributed by atoms with Crippen molar-refractivity contribution in [2.24, 2.45) is 0 Å². The Balaban J connectivity index is 1.65. The van der Waals surface area contributed by atoms with Crippen molar-refractivity contribution in [2.75, 3.05) is 0 Å². The molecule has 2 N–H and O–H groups in total. The summed E-state index contributed by atoms with van der Waals surface area (Å²) >= 11 is 0. The molecule has 0 aliphatic carbocycles. The van der Waals surface area contributed by atoms with Crippen LogP contribution in [0.25, 0.3) is 39.1 Å². The van der Waals surface area contributed by atoms with Gasteiger partial charge in [0.2, 0.25) is 0 Å². The zero-order valence-corrected chi connectivity index (χ0v) is 15.8. The van der Waals surface area contributed by atoms with Gasteiger partial charge in [-0.15, -0.1) is 0 Å². The van der Waals surface area contributed by atoms with Gasteiger partial charge >= 0.3 is 0 Å². The smallest absolute Gasteiger partial charge is 0.260 e. The van der Waals surface area contributed by atoms with Crippen molar-refractivity contribution in [3.63, 3.8) is 0 Å². The van der Waals surface area contributed by atoms with Crippen LogP contribution in [0.5, 0.6) is 0 Å². The number of imidazole rings is 1. The molecule has 5 rings (SSSR count). The number of aromatic amines is 2. The van der Waals surface area contributed by atoms with Crippen LogP contribution in [0.15, 0.2) is 83.9 Å². The molecule has 0 bridgehead atoms. The van der Waals surface area contributed by atoms with Crippen molar-refractivity contribution >= 4 is 33.8 Å². The number of rotatable bonds is 4. The van der Waals surface area contributed by atoms with E-state index in [4.69, 9.17) is 0 Å². The molecule has 0 radical (unpaired) electrons. The quantitative estimate of drug-likeness (QED) is 0.351. The van der Waals surface area contributed by atoms with Crippen LogP contribution in [0.1, 0.15) is 16.2 Å². The highest BCUT2D eigenvalue weighted by Crippen LogP contribution is 2.29. The Kier molecular flexibility index (Phi) is 4.29. The number of allylic oxidation sites excluding steroid dienone is 1. The molecule has 0 unspecified atom stereocenters. The number of pyridine rings is 2. The molecule has 3 heterocycles. The summed E-state index contributed by atoms with van der Waals surface area (Å²) in [6.45, 7) is 0. The van der Waals surface area contributed by atoms with E-state index in [1.54, 1.807) is 24.5 Å². The molecular weight excluding hydrogens is 376 g/mol. The van der Waals surface area contributed by atoms with Crippen LogP contribution in [0.3, 0.4) is 0 Å². The molecule has 0 aliphatic rings. The third-order valence-electron chi connectivity index (χ3n) is 4.92. The van der Waals surface area contributed by atoms with Gasteiger partial charge in [0.05, 0.1) is 28.3 Å². The summed E-state index contributed by atoms with van der Waals surface area (Å²) in [5.74, 6) is 0.154. The molecule has 0 amide bonds. The summed E-state index contributed by atoms with van der Waals surface area (Å²) in [5.41, 5.74) is 3.30. The highest BCUT2D eigenvalue weighted by atomic mass is 16.1. The standard InChI is InChI=1S/C24H16N4O2/c29-20(10-11-21-26-17-8-4-5-9-18(17)27-21)23-22(15-6-2-1-3-7-15)16-12-13-25-14-19(16)28-24(23)30/h1-14H,(H,26,27)(H,28,30). The van der Waals surface area contributed by atoms with Gasteiger partial charge in [0.25, 0.3) is 5.56 Å². The maximum absolute atomic E-state index is 13.1. The van der Waals surface area contributed by atoms with Gasteiger partial charge in [-0.2, -0.15) is 0 Å². The van der Waals surface area contributed by atoms with Gasteiger partial charge in [-0.1, -0.05) is 42.5 Å². The molecule has 0 aliphatic heterocycles. The molecule has 0 saturated heterocycles. The lowest BCUT2D eigenvalue weighted by atomic mass is 9.94. The van der Waals surface area contributed by atoms with Crippen LogP contribution < -0.4 is 5.56 Å². The van der Waals surface area contributed by atoms with E-state index in [1.165, 1.54) is 6.08 Å².